The standard InChI is InChI=1S/C38H40ClNO6/c1-37(2)17-27-34(29(41)19-37)33(35-28(40(27)14-13-32(43)44)18-38(3,4)20-30(35)42)24-15-26(39)36(31(16-24)45-5)46-21-23-11-8-10-22-9-6-7-12-25(22)23/h6-12,15-16,33H,13-14,17-21H2,1-5H3,(H,43,44). The van der Waals surface area contributed by atoms with Crippen LogP contribution in [0.15, 0.2) is 77.1 Å². The van der Waals surface area contributed by atoms with Crippen LogP contribution in [0.5, 0.6) is 11.5 Å². The fourth-order valence-electron chi connectivity index (χ4n) is 7.47. The zero-order valence-corrected chi connectivity index (χ0v) is 27.8. The van der Waals surface area contributed by atoms with Crippen LogP contribution in [0, 0.1) is 10.8 Å². The number of benzene rings is 3. The summed E-state index contributed by atoms with van der Waals surface area (Å²) < 4.78 is 12.1. The van der Waals surface area contributed by atoms with E-state index in [4.69, 9.17) is 21.1 Å². The van der Waals surface area contributed by atoms with Crippen molar-refractivity contribution in [1.82, 2.24) is 4.90 Å². The lowest BCUT2D eigenvalue weighted by Gasteiger charge is -2.49. The van der Waals surface area contributed by atoms with Crippen molar-refractivity contribution in [2.24, 2.45) is 10.8 Å². The predicted octanol–water partition coefficient (Wildman–Crippen LogP) is 8.24. The summed E-state index contributed by atoms with van der Waals surface area (Å²) >= 11 is 6.96. The first-order chi connectivity index (χ1) is 21.8. The number of methoxy groups -OCH3 is 1. The Labute approximate surface area is 274 Å². The largest absolute Gasteiger partial charge is 0.493 e. The number of ether oxygens (including phenoxy) is 2. The molecule has 7 nitrogen and oxygen atoms in total. The van der Waals surface area contributed by atoms with Gasteiger partial charge in [0.25, 0.3) is 0 Å². The highest BCUT2D eigenvalue weighted by Crippen LogP contribution is 2.55. The molecule has 0 saturated heterocycles. The number of aliphatic carboxylic acids is 1. The van der Waals surface area contributed by atoms with Gasteiger partial charge in [-0.1, -0.05) is 81.8 Å². The third-order valence-electron chi connectivity index (χ3n) is 9.41. The Balaban J connectivity index is 1.47. The molecule has 0 radical (unpaired) electrons. The monoisotopic (exact) mass is 641 g/mol. The molecule has 0 unspecified atom stereocenters. The van der Waals surface area contributed by atoms with E-state index in [9.17, 15) is 19.5 Å². The van der Waals surface area contributed by atoms with Gasteiger partial charge in [0.2, 0.25) is 0 Å². The normalized spacial score (nSPS) is 19.3. The van der Waals surface area contributed by atoms with Gasteiger partial charge >= 0.3 is 5.97 Å². The number of Topliss-reactive ketones (excluding diaryl/α,β-unsaturated/α-hetero) is 2. The van der Waals surface area contributed by atoms with Crippen LogP contribution in [0.1, 0.15) is 76.8 Å². The van der Waals surface area contributed by atoms with Crippen molar-refractivity contribution in [3.63, 3.8) is 0 Å². The van der Waals surface area contributed by atoms with Gasteiger partial charge in [0.1, 0.15) is 6.61 Å². The summed E-state index contributed by atoms with van der Waals surface area (Å²) in [5.41, 5.74) is 3.78. The number of nitrogens with zero attached hydrogens (tertiary/aromatic N) is 1. The van der Waals surface area contributed by atoms with E-state index in [1.807, 2.05) is 35.2 Å². The first-order valence-electron chi connectivity index (χ1n) is 15.8. The molecular weight excluding hydrogens is 602 g/mol. The lowest BCUT2D eigenvalue weighted by Crippen LogP contribution is -2.45. The summed E-state index contributed by atoms with van der Waals surface area (Å²) in [5, 5.41) is 12.1. The predicted molar refractivity (Wildman–Crippen MR) is 178 cm³/mol. The van der Waals surface area contributed by atoms with Gasteiger partial charge in [-0.05, 0) is 57.7 Å². The highest BCUT2D eigenvalue weighted by Gasteiger charge is 2.49. The molecule has 0 bridgehead atoms. The molecule has 0 amide bonds. The second-order valence-corrected chi connectivity index (χ2v) is 14.7. The molecule has 0 fully saturated rings. The van der Waals surface area contributed by atoms with Crippen LogP contribution in [0.4, 0.5) is 0 Å². The summed E-state index contributed by atoms with van der Waals surface area (Å²) in [5.74, 6) is -0.844. The van der Waals surface area contributed by atoms with E-state index in [1.54, 1.807) is 13.2 Å². The summed E-state index contributed by atoms with van der Waals surface area (Å²) in [4.78, 5) is 41.9. The Hall–Kier alpha value is -4.10. The molecule has 1 N–H and O–H groups in total. The van der Waals surface area contributed by atoms with Gasteiger partial charge in [-0.2, -0.15) is 0 Å². The molecular formula is C38H40ClNO6. The Morgan fingerprint density at radius 2 is 1.52 bits per heavy atom. The molecule has 240 valence electrons. The number of fused-ring (bicyclic) bond motifs is 1. The van der Waals surface area contributed by atoms with Crippen molar-refractivity contribution in [2.75, 3.05) is 13.7 Å². The molecule has 8 heteroatoms. The highest BCUT2D eigenvalue weighted by molar-refractivity contribution is 6.32. The molecule has 0 saturated carbocycles. The molecule has 3 aromatic rings. The maximum absolute atomic E-state index is 14.1. The van der Waals surface area contributed by atoms with E-state index in [1.165, 1.54) is 0 Å². The second kappa shape index (κ2) is 11.9. The number of carbonyl (C=O) groups excluding carboxylic acids is 2. The molecule has 1 aliphatic heterocycles. The first-order valence-corrected chi connectivity index (χ1v) is 16.1. The second-order valence-electron chi connectivity index (χ2n) is 14.3. The lowest BCUT2D eigenvalue weighted by molar-refractivity contribution is -0.137. The molecule has 3 aliphatic rings. The fraction of sp³-hybridized carbons (Fsp3) is 0.395. The minimum absolute atomic E-state index is 0.0351. The molecule has 0 spiro atoms. The van der Waals surface area contributed by atoms with E-state index in [0.717, 1.165) is 27.7 Å². The lowest BCUT2D eigenvalue weighted by atomic mass is 9.63. The molecule has 0 aromatic heterocycles. The van der Waals surface area contributed by atoms with Crippen LogP contribution in [0.3, 0.4) is 0 Å². The van der Waals surface area contributed by atoms with Gasteiger partial charge in [0.05, 0.1) is 18.6 Å². The van der Waals surface area contributed by atoms with Gasteiger partial charge in [0, 0.05) is 47.8 Å². The smallest absolute Gasteiger partial charge is 0.305 e. The Morgan fingerprint density at radius 3 is 2.13 bits per heavy atom. The zero-order chi connectivity index (χ0) is 33.0. The van der Waals surface area contributed by atoms with Crippen molar-refractivity contribution in [3.05, 3.63) is 93.3 Å². The van der Waals surface area contributed by atoms with Crippen LogP contribution in [0.25, 0.3) is 10.8 Å². The number of halogens is 1. The minimum Gasteiger partial charge on any atom is -0.493 e. The average molecular weight is 642 g/mol. The summed E-state index contributed by atoms with van der Waals surface area (Å²) in [6.07, 6.45) is 1.73. The Kier molecular flexibility index (Phi) is 8.26. The van der Waals surface area contributed by atoms with Crippen molar-refractivity contribution in [2.45, 2.75) is 72.3 Å². The van der Waals surface area contributed by atoms with E-state index >= 15 is 0 Å². The van der Waals surface area contributed by atoms with Crippen molar-refractivity contribution < 1.29 is 29.0 Å². The number of hydrogen-bond acceptors (Lipinski definition) is 6. The number of carboxylic acids is 1. The summed E-state index contributed by atoms with van der Waals surface area (Å²) in [6, 6.07) is 17.8. The van der Waals surface area contributed by atoms with Crippen LogP contribution >= 0.6 is 11.6 Å². The maximum Gasteiger partial charge on any atom is 0.305 e. The summed E-state index contributed by atoms with van der Waals surface area (Å²) in [7, 11) is 1.55. The average Bonchev–Trinajstić information content (AvgIpc) is 2.97. The molecule has 2 aliphatic carbocycles. The molecule has 3 aromatic carbocycles. The van der Waals surface area contributed by atoms with Gasteiger partial charge < -0.3 is 19.5 Å². The maximum atomic E-state index is 14.1. The number of carbonyl (C=O) groups is 3. The van der Waals surface area contributed by atoms with E-state index in [0.29, 0.717) is 58.9 Å². The zero-order valence-electron chi connectivity index (χ0n) is 27.0. The van der Waals surface area contributed by atoms with E-state index in [-0.39, 0.29) is 42.0 Å². The van der Waals surface area contributed by atoms with Crippen LogP contribution in [0.2, 0.25) is 5.02 Å². The molecule has 46 heavy (non-hydrogen) atoms. The third-order valence-corrected chi connectivity index (χ3v) is 9.69. The number of ketones is 2. The highest BCUT2D eigenvalue weighted by atomic mass is 35.5. The number of allylic oxidation sites excluding steroid dienone is 4. The quantitative estimate of drug-likeness (QED) is 0.265. The first kappa shape index (κ1) is 31.9. The fourth-order valence-corrected chi connectivity index (χ4v) is 7.75. The van der Waals surface area contributed by atoms with Crippen LogP contribution in [-0.4, -0.2) is 41.2 Å². The Morgan fingerprint density at radius 1 is 0.913 bits per heavy atom. The molecule has 0 atom stereocenters. The van der Waals surface area contributed by atoms with Crippen molar-refractivity contribution in [3.8, 4) is 11.5 Å². The topological polar surface area (TPSA) is 93.1 Å². The van der Waals surface area contributed by atoms with Crippen molar-refractivity contribution >= 4 is 39.9 Å². The molecule has 1 heterocycles. The van der Waals surface area contributed by atoms with Crippen molar-refractivity contribution in [1.29, 1.82) is 0 Å². The third kappa shape index (κ3) is 5.93. The summed E-state index contributed by atoms with van der Waals surface area (Å²) in [6.45, 7) is 8.69. The minimum atomic E-state index is -0.926. The van der Waals surface area contributed by atoms with Crippen LogP contribution < -0.4 is 9.47 Å². The van der Waals surface area contributed by atoms with E-state index < -0.39 is 11.9 Å². The molecule has 6 rings (SSSR count). The van der Waals surface area contributed by atoms with Gasteiger partial charge in [-0.25, -0.2) is 0 Å². The Bertz CT molecular complexity index is 1770. The van der Waals surface area contributed by atoms with Gasteiger partial charge in [0.15, 0.2) is 23.1 Å². The van der Waals surface area contributed by atoms with Gasteiger partial charge in [-0.15, -0.1) is 0 Å². The number of carboxylic acid groups (broad SMARTS) is 1. The number of hydrogen-bond donors (Lipinski definition) is 1. The van der Waals surface area contributed by atoms with Crippen LogP contribution in [-0.2, 0) is 21.0 Å². The van der Waals surface area contributed by atoms with Gasteiger partial charge in [-0.3, -0.25) is 14.4 Å². The SMILES string of the molecule is COc1cc(C2C3=C(CC(C)(C)CC3=O)N(CCC(=O)O)C3=C2C(=O)CC(C)(C)C3)cc(Cl)c1OCc1cccc2ccccc12. The van der Waals surface area contributed by atoms with E-state index in [2.05, 4.69) is 45.9 Å². The number of rotatable bonds is 8.